The quantitative estimate of drug-likeness (QED) is 0.590. The van der Waals surface area contributed by atoms with Gasteiger partial charge >= 0.3 is 0 Å². The molecule has 1 saturated heterocycles. The summed E-state index contributed by atoms with van der Waals surface area (Å²) in [6.45, 7) is 5.56. The van der Waals surface area contributed by atoms with Crippen molar-refractivity contribution in [3.63, 3.8) is 0 Å². The van der Waals surface area contributed by atoms with E-state index in [1.807, 2.05) is 18.7 Å². The monoisotopic (exact) mass is 342 g/mol. The van der Waals surface area contributed by atoms with Crippen molar-refractivity contribution in [1.82, 2.24) is 4.90 Å². The number of ether oxygens (including phenoxy) is 1. The Labute approximate surface area is 141 Å². The Hall–Kier alpha value is -1.26. The number of carbonyl (C=O) groups is 1. The highest BCUT2D eigenvalue weighted by atomic mass is 35.5. The van der Waals surface area contributed by atoms with E-state index in [-0.39, 0.29) is 12.0 Å². The van der Waals surface area contributed by atoms with Gasteiger partial charge in [0.15, 0.2) is 0 Å². The molecule has 0 saturated carbocycles. The molecule has 120 valence electrons. The minimum Gasteiger partial charge on any atom is -0.462 e. The van der Waals surface area contributed by atoms with Crippen LogP contribution in [0.15, 0.2) is 23.2 Å². The maximum Gasteiger partial charge on any atom is 0.295 e. The van der Waals surface area contributed by atoms with Gasteiger partial charge in [-0.3, -0.25) is 4.79 Å². The van der Waals surface area contributed by atoms with Crippen LogP contribution in [0, 0.1) is 0 Å². The summed E-state index contributed by atoms with van der Waals surface area (Å²) in [4.78, 5) is 18.5. The molecule has 6 heteroatoms. The Morgan fingerprint density at radius 1 is 1.18 bits per heavy atom. The largest absolute Gasteiger partial charge is 0.462 e. The van der Waals surface area contributed by atoms with Gasteiger partial charge in [-0.25, -0.2) is 0 Å². The average Bonchev–Trinajstić information content (AvgIpc) is 2.49. The highest BCUT2D eigenvalue weighted by Gasteiger charge is 2.19. The standard InChI is InChI=1S/C16H20Cl2N2O2/c1-11(2)22-16(20-8-4-3-5-9-20)19-15(21)12-6-7-13(17)14(18)10-12/h6-7,10-11H,3-5,8-9H2,1-2H3. The number of likely N-dealkylation sites (tertiary alicyclic amines) is 1. The van der Waals surface area contributed by atoms with Crippen LogP contribution in [0.4, 0.5) is 0 Å². The van der Waals surface area contributed by atoms with Gasteiger partial charge in [0.05, 0.1) is 16.1 Å². The van der Waals surface area contributed by atoms with Crippen molar-refractivity contribution in [3.8, 4) is 0 Å². The van der Waals surface area contributed by atoms with Gasteiger partial charge in [0.1, 0.15) is 0 Å². The van der Waals surface area contributed by atoms with E-state index in [4.69, 9.17) is 27.9 Å². The van der Waals surface area contributed by atoms with E-state index >= 15 is 0 Å². The zero-order valence-electron chi connectivity index (χ0n) is 12.8. The van der Waals surface area contributed by atoms with E-state index < -0.39 is 0 Å². The highest BCUT2D eigenvalue weighted by Crippen LogP contribution is 2.23. The normalized spacial score (nSPS) is 16.0. The Morgan fingerprint density at radius 2 is 1.86 bits per heavy atom. The third-order valence-electron chi connectivity index (χ3n) is 3.33. The first-order valence-corrected chi connectivity index (χ1v) is 8.22. The molecule has 1 aliphatic heterocycles. The second-order valence-corrected chi connectivity index (χ2v) is 6.36. The Bertz CT molecular complexity index is 567. The van der Waals surface area contributed by atoms with Gasteiger partial charge in [0.2, 0.25) is 0 Å². The van der Waals surface area contributed by atoms with Crippen LogP contribution >= 0.6 is 23.2 Å². The summed E-state index contributed by atoms with van der Waals surface area (Å²) >= 11 is 11.8. The van der Waals surface area contributed by atoms with Gasteiger partial charge in [-0.1, -0.05) is 23.2 Å². The van der Waals surface area contributed by atoms with Crippen LogP contribution < -0.4 is 0 Å². The number of piperidine rings is 1. The van der Waals surface area contributed by atoms with Crippen LogP contribution in [0.5, 0.6) is 0 Å². The van der Waals surface area contributed by atoms with E-state index in [1.165, 1.54) is 12.5 Å². The molecule has 0 spiro atoms. The number of carbonyl (C=O) groups excluding carboxylic acids is 1. The lowest BCUT2D eigenvalue weighted by Crippen LogP contribution is -2.39. The first-order valence-electron chi connectivity index (χ1n) is 7.47. The molecule has 4 nitrogen and oxygen atoms in total. The molecule has 0 unspecified atom stereocenters. The van der Waals surface area contributed by atoms with Gasteiger partial charge in [0.25, 0.3) is 11.9 Å². The smallest absolute Gasteiger partial charge is 0.295 e. The van der Waals surface area contributed by atoms with Crippen LogP contribution in [0.3, 0.4) is 0 Å². The summed E-state index contributed by atoms with van der Waals surface area (Å²) in [7, 11) is 0. The van der Waals surface area contributed by atoms with Crippen LogP contribution in [0.1, 0.15) is 43.5 Å². The molecular weight excluding hydrogens is 323 g/mol. The summed E-state index contributed by atoms with van der Waals surface area (Å²) in [5.41, 5.74) is 0.399. The first kappa shape index (κ1) is 17.1. The maximum absolute atomic E-state index is 12.3. The molecule has 0 aliphatic carbocycles. The molecule has 22 heavy (non-hydrogen) atoms. The minimum atomic E-state index is -0.375. The first-order chi connectivity index (χ1) is 10.5. The number of nitrogens with zero attached hydrogens (tertiary/aromatic N) is 2. The van der Waals surface area contributed by atoms with Crippen molar-refractivity contribution in [2.75, 3.05) is 13.1 Å². The molecule has 1 aliphatic rings. The fourth-order valence-corrected chi connectivity index (χ4v) is 2.55. The molecule has 1 aromatic rings. The van der Waals surface area contributed by atoms with Gasteiger partial charge in [-0.2, -0.15) is 4.99 Å². The molecule has 2 rings (SSSR count). The van der Waals surface area contributed by atoms with Gasteiger partial charge in [0, 0.05) is 18.7 Å². The lowest BCUT2D eigenvalue weighted by molar-refractivity contribution is 0.0986. The van der Waals surface area contributed by atoms with Crippen LogP contribution in [-0.4, -0.2) is 36.0 Å². The molecule has 0 N–H and O–H groups in total. The zero-order valence-corrected chi connectivity index (χ0v) is 14.3. The van der Waals surface area contributed by atoms with E-state index in [0.717, 1.165) is 25.9 Å². The maximum atomic E-state index is 12.3. The number of hydrogen-bond acceptors (Lipinski definition) is 2. The highest BCUT2D eigenvalue weighted by molar-refractivity contribution is 6.42. The van der Waals surface area contributed by atoms with E-state index in [2.05, 4.69) is 4.99 Å². The fraction of sp³-hybridized carbons (Fsp3) is 0.500. The van der Waals surface area contributed by atoms with Crippen LogP contribution in [0.2, 0.25) is 10.0 Å². The number of rotatable bonds is 2. The third kappa shape index (κ3) is 4.62. The van der Waals surface area contributed by atoms with Gasteiger partial charge in [-0.15, -0.1) is 0 Å². The summed E-state index contributed by atoms with van der Waals surface area (Å²) in [6, 6.07) is 5.13. The molecule has 0 bridgehead atoms. The molecule has 0 aromatic heterocycles. The van der Waals surface area contributed by atoms with Crippen molar-refractivity contribution in [2.24, 2.45) is 4.99 Å². The number of hydrogen-bond donors (Lipinski definition) is 0. The number of amides is 1. The predicted octanol–water partition coefficient (Wildman–Crippen LogP) is 4.40. The van der Waals surface area contributed by atoms with E-state index in [9.17, 15) is 4.79 Å². The fourth-order valence-electron chi connectivity index (χ4n) is 2.25. The molecule has 1 fully saturated rings. The summed E-state index contributed by atoms with van der Waals surface area (Å²) in [5.74, 6) is -0.375. The van der Waals surface area contributed by atoms with Crippen molar-refractivity contribution < 1.29 is 9.53 Å². The summed E-state index contributed by atoms with van der Waals surface area (Å²) in [5, 5.41) is 0.754. The number of amidine groups is 1. The number of aliphatic imine (C=N–C) groups is 1. The molecule has 1 heterocycles. The molecule has 1 aromatic carbocycles. The Balaban J connectivity index is 2.22. The molecule has 0 radical (unpaired) electrons. The average molecular weight is 343 g/mol. The molecule has 1 amide bonds. The number of halogens is 2. The van der Waals surface area contributed by atoms with Crippen LogP contribution in [-0.2, 0) is 4.74 Å². The summed E-state index contributed by atoms with van der Waals surface area (Å²) in [6.07, 6.45) is 3.33. The van der Waals surface area contributed by atoms with Gasteiger partial charge < -0.3 is 9.64 Å². The SMILES string of the molecule is CC(C)OC(=NC(=O)c1ccc(Cl)c(Cl)c1)N1CCCCC1. The summed E-state index contributed by atoms with van der Waals surface area (Å²) < 4.78 is 5.73. The van der Waals surface area contributed by atoms with Crippen molar-refractivity contribution in [3.05, 3.63) is 33.8 Å². The van der Waals surface area contributed by atoms with E-state index in [1.54, 1.807) is 12.1 Å². The van der Waals surface area contributed by atoms with Crippen molar-refractivity contribution in [1.29, 1.82) is 0 Å². The van der Waals surface area contributed by atoms with Crippen molar-refractivity contribution >= 4 is 35.1 Å². The zero-order chi connectivity index (χ0) is 16.1. The Kier molecular flexibility index (Phi) is 6.09. The Morgan fingerprint density at radius 3 is 2.45 bits per heavy atom. The second kappa shape index (κ2) is 7.84. The topological polar surface area (TPSA) is 41.9 Å². The third-order valence-corrected chi connectivity index (χ3v) is 4.07. The lowest BCUT2D eigenvalue weighted by Gasteiger charge is -2.29. The van der Waals surface area contributed by atoms with Crippen molar-refractivity contribution in [2.45, 2.75) is 39.2 Å². The predicted molar refractivity (Wildman–Crippen MR) is 89.9 cm³/mol. The molecule has 0 atom stereocenters. The minimum absolute atomic E-state index is 0.0396. The molecular formula is C16H20Cl2N2O2. The van der Waals surface area contributed by atoms with Crippen LogP contribution in [0.25, 0.3) is 0 Å². The van der Waals surface area contributed by atoms with E-state index in [0.29, 0.717) is 21.6 Å². The second-order valence-electron chi connectivity index (χ2n) is 5.54. The van der Waals surface area contributed by atoms with Gasteiger partial charge in [-0.05, 0) is 51.3 Å². The number of benzene rings is 1. The lowest BCUT2D eigenvalue weighted by atomic mass is 10.1.